The summed E-state index contributed by atoms with van der Waals surface area (Å²) < 4.78 is 7.47. The van der Waals surface area contributed by atoms with Gasteiger partial charge in [-0.05, 0) is 71.7 Å². The van der Waals surface area contributed by atoms with Gasteiger partial charge in [0.15, 0.2) is 0 Å². The minimum atomic E-state index is -1.05. The number of carboxylic acid groups (broad SMARTS) is 1. The summed E-state index contributed by atoms with van der Waals surface area (Å²) in [4.78, 5) is 32.8. The van der Waals surface area contributed by atoms with Gasteiger partial charge in [0.1, 0.15) is 18.2 Å². The molecule has 32 heavy (non-hydrogen) atoms. The number of hydrogen-bond acceptors (Lipinski definition) is 5. The lowest BCUT2D eigenvalue weighted by Crippen LogP contribution is -2.20. The van der Waals surface area contributed by atoms with Crippen molar-refractivity contribution in [3.8, 4) is 5.75 Å². The number of hydrogen-bond donors (Lipinski definition) is 1. The molecule has 0 unspecified atom stereocenters. The van der Waals surface area contributed by atoms with Gasteiger partial charge in [-0.15, -0.1) is 0 Å². The Balaban J connectivity index is 1.42. The van der Waals surface area contributed by atoms with Crippen LogP contribution in [-0.2, 0) is 13.2 Å². The first kappa shape index (κ1) is 19.7. The predicted molar refractivity (Wildman–Crippen MR) is 120 cm³/mol. The van der Waals surface area contributed by atoms with Crippen molar-refractivity contribution in [2.24, 2.45) is 0 Å². The second kappa shape index (κ2) is 8.11. The normalized spacial score (nSPS) is 13.9. The van der Waals surface area contributed by atoms with Gasteiger partial charge in [0.05, 0.1) is 16.5 Å². The fraction of sp³-hybridized carbons (Fsp3) is 0.120. The number of carbonyl (C=O) groups is 1. The lowest BCUT2D eigenvalue weighted by molar-refractivity contribution is 0.0697. The first-order valence-corrected chi connectivity index (χ1v) is 10.2. The van der Waals surface area contributed by atoms with Gasteiger partial charge < -0.3 is 9.84 Å². The summed E-state index contributed by atoms with van der Waals surface area (Å²) in [5, 5.41) is 9.67. The van der Waals surface area contributed by atoms with Crippen LogP contribution in [0.25, 0.3) is 22.6 Å². The molecule has 158 valence electrons. The van der Waals surface area contributed by atoms with Crippen molar-refractivity contribution in [1.82, 2.24) is 14.5 Å². The number of allylic oxidation sites excluding steroid dienone is 1. The van der Waals surface area contributed by atoms with E-state index in [1.807, 2.05) is 42.5 Å². The highest BCUT2D eigenvalue weighted by Gasteiger charge is 2.21. The molecular weight excluding hydrogens is 406 g/mol. The summed E-state index contributed by atoms with van der Waals surface area (Å²) >= 11 is 0. The van der Waals surface area contributed by atoms with E-state index in [2.05, 4.69) is 9.97 Å². The van der Waals surface area contributed by atoms with Gasteiger partial charge in [-0.2, -0.15) is 0 Å². The minimum absolute atomic E-state index is 0.111. The molecule has 0 radical (unpaired) electrons. The lowest BCUT2D eigenvalue weighted by atomic mass is 10.1. The highest BCUT2D eigenvalue weighted by molar-refractivity contribution is 5.93. The van der Waals surface area contributed by atoms with Crippen molar-refractivity contribution in [3.63, 3.8) is 0 Å². The smallest absolute Gasteiger partial charge is 0.335 e. The van der Waals surface area contributed by atoms with Crippen LogP contribution in [0.3, 0.4) is 0 Å². The SMILES string of the molecule is O=C(O)c1ccc2c(=O)n3c(nc2c1)C(=Cc1ccc(OCc2ccncc2)cc1)CC3. The Morgan fingerprint density at radius 1 is 1.09 bits per heavy atom. The maximum Gasteiger partial charge on any atom is 0.335 e. The average Bonchev–Trinajstić information content (AvgIpc) is 3.21. The van der Waals surface area contributed by atoms with Crippen molar-refractivity contribution >= 4 is 28.5 Å². The second-order valence-corrected chi connectivity index (χ2v) is 7.56. The summed E-state index contributed by atoms with van der Waals surface area (Å²) in [5.74, 6) is 0.302. The van der Waals surface area contributed by atoms with E-state index in [9.17, 15) is 14.7 Å². The Bertz CT molecular complexity index is 1410. The third-order valence-corrected chi connectivity index (χ3v) is 5.47. The molecule has 7 heteroatoms. The van der Waals surface area contributed by atoms with Gasteiger partial charge in [0.2, 0.25) is 0 Å². The molecule has 2 aromatic heterocycles. The Morgan fingerprint density at radius 3 is 2.62 bits per heavy atom. The Labute approximate surface area is 183 Å². The van der Waals surface area contributed by atoms with E-state index in [0.29, 0.717) is 36.3 Å². The number of pyridine rings is 1. The fourth-order valence-electron chi connectivity index (χ4n) is 3.79. The Kier molecular flexibility index (Phi) is 4.99. The average molecular weight is 425 g/mol. The van der Waals surface area contributed by atoms with Crippen molar-refractivity contribution in [2.75, 3.05) is 0 Å². The molecule has 1 aliphatic rings. The molecule has 0 fully saturated rings. The Hall–Kier alpha value is -4.26. The van der Waals surface area contributed by atoms with Gasteiger partial charge in [0.25, 0.3) is 5.56 Å². The third-order valence-electron chi connectivity index (χ3n) is 5.47. The number of fused-ring (bicyclic) bond motifs is 2. The molecule has 0 saturated carbocycles. The minimum Gasteiger partial charge on any atom is -0.489 e. The molecule has 0 amide bonds. The number of benzene rings is 2. The molecule has 0 atom stereocenters. The summed E-state index contributed by atoms with van der Waals surface area (Å²) in [7, 11) is 0. The van der Waals surface area contributed by atoms with Gasteiger partial charge in [-0.3, -0.25) is 14.3 Å². The van der Waals surface area contributed by atoms with Crippen LogP contribution in [0.15, 0.2) is 71.8 Å². The molecule has 2 aromatic carbocycles. The van der Waals surface area contributed by atoms with Crippen LogP contribution in [0.4, 0.5) is 0 Å². The topological polar surface area (TPSA) is 94.3 Å². The van der Waals surface area contributed by atoms with Crippen LogP contribution in [0.2, 0.25) is 0 Å². The first-order valence-electron chi connectivity index (χ1n) is 10.2. The Morgan fingerprint density at radius 2 is 1.88 bits per heavy atom. The van der Waals surface area contributed by atoms with Crippen LogP contribution in [0.5, 0.6) is 5.75 Å². The number of aromatic carboxylic acids is 1. The van der Waals surface area contributed by atoms with Crippen LogP contribution in [0, 0.1) is 0 Å². The molecule has 1 N–H and O–H groups in total. The van der Waals surface area contributed by atoms with Crippen molar-refractivity contribution < 1.29 is 14.6 Å². The summed E-state index contributed by atoms with van der Waals surface area (Å²) in [6, 6.07) is 16.0. The quantitative estimate of drug-likeness (QED) is 0.519. The maximum absolute atomic E-state index is 12.9. The molecule has 0 aliphatic carbocycles. The monoisotopic (exact) mass is 425 g/mol. The molecule has 1 aliphatic heterocycles. The number of nitrogens with zero attached hydrogens (tertiary/aromatic N) is 3. The number of rotatable bonds is 5. The number of ether oxygens (including phenoxy) is 1. The van der Waals surface area contributed by atoms with Crippen LogP contribution >= 0.6 is 0 Å². The zero-order chi connectivity index (χ0) is 22.1. The summed E-state index contributed by atoms with van der Waals surface area (Å²) in [6.07, 6.45) is 6.16. The molecule has 5 rings (SSSR count). The largest absolute Gasteiger partial charge is 0.489 e. The van der Waals surface area contributed by atoms with Gasteiger partial charge in [0, 0.05) is 18.9 Å². The second-order valence-electron chi connectivity index (χ2n) is 7.56. The molecule has 4 aromatic rings. The first-order chi connectivity index (χ1) is 15.6. The van der Waals surface area contributed by atoms with Gasteiger partial charge in [-0.25, -0.2) is 9.78 Å². The molecule has 0 bridgehead atoms. The molecular formula is C25H19N3O4. The number of aromatic nitrogens is 3. The molecule has 3 heterocycles. The van der Waals surface area contributed by atoms with Gasteiger partial charge >= 0.3 is 5.97 Å². The fourth-order valence-corrected chi connectivity index (χ4v) is 3.79. The van der Waals surface area contributed by atoms with Crippen molar-refractivity contribution in [2.45, 2.75) is 19.6 Å². The van der Waals surface area contributed by atoms with Crippen molar-refractivity contribution in [3.05, 3.63) is 99.9 Å². The van der Waals surface area contributed by atoms with Crippen LogP contribution in [-0.4, -0.2) is 25.6 Å². The summed E-state index contributed by atoms with van der Waals surface area (Å²) in [5.41, 5.74) is 3.32. The predicted octanol–water partition coefficient (Wildman–Crippen LogP) is 4.01. The zero-order valence-corrected chi connectivity index (χ0v) is 17.1. The summed E-state index contributed by atoms with van der Waals surface area (Å²) in [6.45, 7) is 1.02. The standard InChI is InChI=1S/C25H19N3O4/c29-24-21-6-3-19(25(30)31)14-22(21)27-23-18(9-12-28(23)24)13-16-1-4-20(5-2-16)32-15-17-7-10-26-11-8-17/h1-8,10-11,13-14H,9,12,15H2,(H,30,31). The van der Waals surface area contributed by atoms with E-state index in [4.69, 9.17) is 4.74 Å². The zero-order valence-electron chi connectivity index (χ0n) is 17.1. The lowest BCUT2D eigenvalue weighted by Gasteiger charge is -2.07. The van der Waals surface area contributed by atoms with E-state index >= 15 is 0 Å². The molecule has 7 nitrogen and oxygen atoms in total. The molecule has 0 spiro atoms. The third kappa shape index (κ3) is 3.76. The van der Waals surface area contributed by atoms with Crippen LogP contribution in [0.1, 0.15) is 33.7 Å². The highest BCUT2D eigenvalue weighted by Crippen LogP contribution is 2.28. The van der Waals surface area contributed by atoms with E-state index in [1.165, 1.54) is 18.2 Å². The molecule has 0 saturated heterocycles. The van der Waals surface area contributed by atoms with E-state index in [0.717, 1.165) is 22.4 Å². The highest BCUT2D eigenvalue weighted by atomic mass is 16.5. The van der Waals surface area contributed by atoms with E-state index in [1.54, 1.807) is 17.0 Å². The maximum atomic E-state index is 12.9. The number of carboxylic acids is 1. The van der Waals surface area contributed by atoms with E-state index in [-0.39, 0.29) is 11.1 Å². The van der Waals surface area contributed by atoms with E-state index < -0.39 is 5.97 Å². The van der Waals surface area contributed by atoms with Crippen molar-refractivity contribution in [1.29, 1.82) is 0 Å². The van der Waals surface area contributed by atoms with Gasteiger partial charge in [-0.1, -0.05) is 12.1 Å². The van der Waals surface area contributed by atoms with Crippen LogP contribution < -0.4 is 10.3 Å².